The average Bonchev–Trinajstić information content (AvgIpc) is 2.61. The molecule has 2 aromatic rings. The zero-order chi connectivity index (χ0) is 16.9. The Hall–Kier alpha value is -1.59. The van der Waals surface area contributed by atoms with Gasteiger partial charge in [0.15, 0.2) is 0 Å². The summed E-state index contributed by atoms with van der Waals surface area (Å²) in [5.74, 6) is 1.34. The van der Waals surface area contributed by atoms with Gasteiger partial charge in [0.25, 0.3) is 0 Å². The summed E-state index contributed by atoms with van der Waals surface area (Å²) in [5.41, 5.74) is 1.77. The van der Waals surface area contributed by atoms with Crippen molar-refractivity contribution in [3.63, 3.8) is 0 Å². The molecule has 0 radical (unpaired) electrons. The van der Waals surface area contributed by atoms with Crippen LogP contribution in [0.3, 0.4) is 0 Å². The number of piperidine rings is 1. The molecule has 1 saturated heterocycles. The number of hydrogen-bond acceptors (Lipinski definition) is 4. The first-order valence-electron chi connectivity index (χ1n) is 8.12. The van der Waals surface area contributed by atoms with Crippen LogP contribution in [0.4, 0.5) is 0 Å². The average molecular weight is 362 g/mol. The first-order chi connectivity index (χ1) is 11.6. The van der Waals surface area contributed by atoms with Gasteiger partial charge < -0.3 is 4.90 Å². The zero-order valence-corrected chi connectivity index (χ0v) is 15.2. The standard InChI is InChI=1S/C18H20ClN3OS/c1-13-8-10-22(11-9-13)18(23)12-24-17-7-6-16(20-21-17)14-2-4-15(19)5-3-14/h2-7,13H,8-12H2,1H3. The molecule has 4 nitrogen and oxygen atoms in total. The first kappa shape index (κ1) is 17.2. The van der Waals surface area contributed by atoms with Crippen LogP contribution in [0.25, 0.3) is 11.3 Å². The smallest absolute Gasteiger partial charge is 0.232 e. The van der Waals surface area contributed by atoms with Crippen LogP contribution in [-0.2, 0) is 4.79 Å². The van der Waals surface area contributed by atoms with Crippen molar-refractivity contribution in [3.8, 4) is 11.3 Å². The lowest BCUT2D eigenvalue weighted by molar-refractivity contribution is -0.129. The number of carbonyl (C=O) groups is 1. The van der Waals surface area contributed by atoms with Crippen LogP contribution < -0.4 is 0 Å². The van der Waals surface area contributed by atoms with Crippen LogP contribution >= 0.6 is 23.4 Å². The predicted octanol–water partition coefficient (Wildman–Crippen LogP) is 4.15. The normalized spacial score (nSPS) is 15.5. The molecule has 2 heterocycles. The van der Waals surface area contributed by atoms with Crippen molar-refractivity contribution < 1.29 is 4.79 Å². The summed E-state index contributed by atoms with van der Waals surface area (Å²) in [7, 11) is 0. The molecular weight excluding hydrogens is 342 g/mol. The molecule has 0 bridgehead atoms. The minimum absolute atomic E-state index is 0.190. The molecule has 1 aliphatic rings. The van der Waals surface area contributed by atoms with Crippen LogP contribution in [0.15, 0.2) is 41.4 Å². The number of benzene rings is 1. The van der Waals surface area contributed by atoms with Crippen molar-refractivity contribution >= 4 is 29.3 Å². The van der Waals surface area contributed by atoms with Crippen LogP contribution in [-0.4, -0.2) is 39.8 Å². The van der Waals surface area contributed by atoms with Crippen LogP contribution in [0.2, 0.25) is 5.02 Å². The third-order valence-electron chi connectivity index (χ3n) is 4.26. The van der Waals surface area contributed by atoms with Gasteiger partial charge in [-0.2, -0.15) is 0 Å². The van der Waals surface area contributed by atoms with Crippen molar-refractivity contribution in [2.45, 2.75) is 24.8 Å². The van der Waals surface area contributed by atoms with E-state index in [1.54, 1.807) is 0 Å². The van der Waals surface area contributed by atoms with E-state index in [2.05, 4.69) is 17.1 Å². The number of carbonyl (C=O) groups excluding carboxylic acids is 1. The highest BCUT2D eigenvalue weighted by Gasteiger charge is 2.20. The van der Waals surface area contributed by atoms with Gasteiger partial charge in [-0.3, -0.25) is 4.79 Å². The Labute approximate surface area is 151 Å². The van der Waals surface area contributed by atoms with Crippen LogP contribution in [0, 0.1) is 5.92 Å². The summed E-state index contributed by atoms with van der Waals surface area (Å²) in [6, 6.07) is 11.3. The number of hydrogen-bond donors (Lipinski definition) is 0. The number of nitrogens with zero attached hydrogens (tertiary/aromatic N) is 3. The molecule has 0 atom stereocenters. The lowest BCUT2D eigenvalue weighted by atomic mass is 9.99. The molecule has 1 aromatic heterocycles. The summed E-state index contributed by atoms with van der Waals surface area (Å²) in [6.45, 7) is 4.00. The van der Waals surface area contributed by atoms with Gasteiger partial charge in [0.05, 0.1) is 11.4 Å². The van der Waals surface area contributed by atoms with E-state index < -0.39 is 0 Å². The Morgan fingerprint density at radius 3 is 2.50 bits per heavy atom. The molecule has 1 aromatic carbocycles. The van der Waals surface area contributed by atoms with Crippen molar-refractivity contribution in [2.75, 3.05) is 18.8 Å². The summed E-state index contributed by atoms with van der Waals surface area (Å²) >= 11 is 7.34. The summed E-state index contributed by atoms with van der Waals surface area (Å²) in [6.07, 6.45) is 2.21. The zero-order valence-electron chi connectivity index (χ0n) is 13.6. The fraction of sp³-hybridized carbons (Fsp3) is 0.389. The molecule has 0 saturated carbocycles. The summed E-state index contributed by atoms with van der Waals surface area (Å²) in [5, 5.41) is 9.92. The Balaban J connectivity index is 1.54. The number of halogens is 1. The molecule has 24 heavy (non-hydrogen) atoms. The number of thioether (sulfide) groups is 1. The predicted molar refractivity (Wildman–Crippen MR) is 98.2 cm³/mol. The minimum Gasteiger partial charge on any atom is -0.342 e. The van der Waals surface area contributed by atoms with E-state index in [0.29, 0.717) is 10.8 Å². The number of amides is 1. The second kappa shape index (κ2) is 7.99. The van der Waals surface area contributed by atoms with Gasteiger partial charge in [0.2, 0.25) is 5.91 Å². The van der Waals surface area contributed by atoms with Gasteiger partial charge in [-0.05, 0) is 43.0 Å². The SMILES string of the molecule is CC1CCN(C(=O)CSc2ccc(-c3ccc(Cl)cc3)nn2)CC1. The van der Waals surface area contributed by atoms with E-state index in [1.807, 2.05) is 41.3 Å². The largest absolute Gasteiger partial charge is 0.342 e. The Kier molecular flexibility index (Phi) is 5.74. The molecule has 1 fully saturated rings. The maximum absolute atomic E-state index is 12.2. The van der Waals surface area contributed by atoms with Gasteiger partial charge in [-0.1, -0.05) is 42.4 Å². The maximum atomic E-state index is 12.2. The molecule has 0 N–H and O–H groups in total. The van der Waals surface area contributed by atoms with Gasteiger partial charge in [0.1, 0.15) is 5.03 Å². The van der Waals surface area contributed by atoms with Gasteiger partial charge in [-0.25, -0.2) is 0 Å². The quantitative estimate of drug-likeness (QED) is 0.767. The van der Waals surface area contributed by atoms with Crippen molar-refractivity contribution in [1.29, 1.82) is 0 Å². The minimum atomic E-state index is 0.190. The number of rotatable bonds is 4. The van der Waals surface area contributed by atoms with Gasteiger partial charge >= 0.3 is 0 Å². The van der Waals surface area contributed by atoms with E-state index in [0.717, 1.165) is 48.1 Å². The highest BCUT2D eigenvalue weighted by molar-refractivity contribution is 7.99. The van der Waals surface area contributed by atoms with Crippen LogP contribution in [0.5, 0.6) is 0 Å². The Morgan fingerprint density at radius 1 is 1.17 bits per heavy atom. The number of likely N-dealkylation sites (tertiary alicyclic amines) is 1. The van der Waals surface area contributed by atoms with E-state index in [4.69, 9.17) is 11.6 Å². The Bertz CT molecular complexity index is 682. The lowest BCUT2D eigenvalue weighted by Crippen LogP contribution is -2.38. The molecule has 0 unspecified atom stereocenters. The monoisotopic (exact) mass is 361 g/mol. The first-order valence-corrected chi connectivity index (χ1v) is 9.48. The third-order valence-corrected chi connectivity index (χ3v) is 5.42. The van der Waals surface area contributed by atoms with E-state index in [1.165, 1.54) is 11.8 Å². The van der Waals surface area contributed by atoms with E-state index >= 15 is 0 Å². The van der Waals surface area contributed by atoms with Crippen molar-refractivity contribution in [2.24, 2.45) is 5.92 Å². The Morgan fingerprint density at radius 2 is 1.88 bits per heavy atom. The highest BCUT2D eigenvalue weighted by atomic mass is 35.5. The topological polar surface area (TPSA) is 46.1 Å². The fourth-order valence-electron chi connectivity index (χ4n) is 2.66. The molecule has 1 aliphatic heterocycles. The van der Waals surface area contributed by atoms with Crippen molar-refractivity contribution in [1.82, 2.24) is 15.1 Å². The van der Waals surface area contributed by atoms with Gasteiger partial charge in [-0.15, -0.1) is 10.2 Å². The number of aromatic nitrogens is 2. The maximum Gasteiger partial charge on any atom is 0.232 e. The second-order valence-electron chi connectivity index (χ2n) is 6.12. The molecule has 0 spiro atoms. The molecule has 3 rings (SSSR count). The van der Waals surface area contributed by atoms with Crippen LogP contribution in [0.1, 0.15) is 19.8 Å². The second-order valence-corrected chi connectivity index (χ2v) is 7.55. The van der Waals surface area contributed by atoms with E-state index in [9.17, 15) is 4.79 Å². The highest BCUT2D eigenvalue weighted by Crippen LogP contribution is 2.22. The lowest BCUT2D eigenvalue weighted by Gasteiger charge is -2.30. The van der Waals surface area contributed by atoms with Gasteiger partial charge in [0, 0.05) is 23.7 Å². The van der Waals surface area contributed by atoms with E-state index in [-0.39, 0.29) is 5.91 Å². The molecule has 126 valence electrons. The molecule has 0 aliphatic carbocycles. The summed E-state index contributed by atoms with van der Waals surface area (Å²) in [4.78, 5) is 14.2. The summed E-state index contributed by atoms with van der Waals surface area (Å²) < 4.78 is 0. The molecule has 1 amide bonds. The molecular formula is C18H20ClN3OS. The fourth-order valence-corrected chi connectivity index (χ4v) is 3.50. The molecule has 6 heteroatoms. The third kappa shape index (κ3) is 4.48. The van der Waals surface area contributed by atoms with Crippen molar-refractivity contribution in [3.05, 3.63) is 41.4 Å².